The van der Waals surface area contributed by atoms with E-state index in [-0.39, 0.29) is 5.69 Å². The van der Waals surface area contributed by atoms with Crippen molar-refractivity contribution < 1.29 is 13.2 Å². The van der Waals surface area contributed by atoms with Crippen molar-refractivity contribution in [2.75, 3.05) is 0 Å². The van der Waals surface area contributed by atoms with Gasteiger partial charge in [-0.15, -0.1) is 0 Å². The first kappa shape index (κ1) is 15.6. The van der Waals surface area contributed by atoms with Crippen molar-refractivity contribution in [2.24, 2.45) is 4.99 Å². The van der Waals surface area contributed by atoms with Gasteiger partial charge in [-0.05, 0) is 36.2 Å². The topological polar surface area (TPSA) is 12.4 Å². The SMILES string of the molecule is CCC(=Nc1ccccc1C(F)(F)F)c1ccc(Cl)cc1. The zero-order valence-corrected chi connectivity index (χ0v) is 12.0. The summed E-state index contributed by atoms with van der Waals surface area (Å²) in [4.78, 5) is 4.20. The van der Waals surface area contributed by atoms with Crippen LogP contribution in [0.25, 0.3) is 0 Å². The van der Waals surface area contributed by atoms with Crippen LogP contribution in [0, 0.1) is 0 Å². The second-order valence-corrected chi connectivity index (χ2v) is 4.87. The lowest BCUT2D eigenvalue weighted by molar-refractivity contribution is -0.137. The van der Waals surface area contributed by atoms with Crippen LogP contribution in [0.2, 0.25) is 5.02 Å². The Balaban J connectivity index is 2.48. The Bertz CT molecular complexity index is 645. The first-order chi connectivity index (χ1) is 9.91. The van der Waals surface area contributed by atoms with Crippen LogP contribution in [0.3, 0.4) is 0 Å². The molecule has 2 rings (SSSR count). The van der Waals surface area contributed by atoms with Crippen LogP contribution in [-0.2, 0) is 6.18 Å². The zero-order valence-electron chi connectivity index (χ0n) is 11.3. The number of rotatable bonds is 3. The van der Waals surface area contributed by atoms with Crippen molar-refractivity contribution in [3.05, 3.63) is 64.7 Å². The van der Waals surface area contributed by atoms with E-state index in [4.69, 9.17) is 11.6 Å². The van der Waals surface area contributed by atoms with Crippen LogP contribution in [0.15, 0.2) is 53.5 Å². The smallest absolute Gasteiger partial charge is 0.252 e. The van der Waals surface area contributed by atoms with Gasteiger partial charge in [0.15, 0.2) is 0 Å². The van der Waals surface area contributed by atoms with E-state index in [1.54, 1.807) is 30.3 Å². The molecule has 0 unspecified atom stereocenters. The van der Waals surface area contributed by atoms with Crippen LogP contribution in [-0.4, -0.2) is 5.71 Å². The van der Waals surface area contributed by atoms with Gasteiger partial charge in [0, 0.05) is 10.7 Å². The van der Waals surface area contributed by atoms with Crippen LogP contribution in [0.1, 0.15) is 24.5 Å². The summed E-state index contributed by atoms with van der Waals surface area (Å²) in [6.07, 6.45) is -3.90. The van der Waals surface area contributed by atoms with Gasteiger partial charge in [-0.2, -0.15) is 13.2 Å². The Kier molecular flexibility index (Phi) is 4.68. The maximum absolute atomic E-state index is 13.0. The minimum absolute atomic E-state index is 0.0724. The van der Waals surface area contributed by atoms with E-state index in [1.807, 2.05) is 6.92 Å². The van der Waals surface area contributed by atoms with E-state index in [2.05, 4.69) is 4.99 Å². The molecule has 0 amide bonds. The Morgan fingerprint density at radius 1 is 1.05 bits per heavy atom. The second kappa shape index (κ2) is 6.31. The fourth-order valence-electron chi connectivity index (χ4n) is 1.95. The highest BCUT2D eigenvalue weighted by Gasteiger charge is 2.33. The van der Waals surface area contributed by atoms with Crippen molar-refractivity contribution in [3.8, 4) is 0 Å². The fraction of sp³-hybridized carbons (Fsp3) is 0.188. The maximum atomic E-state index is 13.0. The number of halogens is 4. The van der Waals surface area contributed by atoms with Crippen molar-refractivity contribution in [2.45, 2.75) is 19.5 Å². The average Bonchev–Trinajstić information content (AvgIpc) is 2.45. The van der Waals surface area contributed by atoms with Crippen LogP contribution in [0.5, 0.6) is 0 Å². The molecule has 21 heavy (non-hydrogen) atoms. The number of hydrogen-bond donors (Lipinski definition) is 0. The molecule has 2 aromatic rings. The molecule has 1 nitrogen and oxygen atoms in total. The number of aliphatic imine (C=N–C) groups is 1. The quantitative estimate of drug-likeness (QED) is 0.627. The van der Waals surface area contributed by atoms with Gasteiger partial charge in [-0.25, -0.2) is 0 Å². The van der Waals surface area contributed by atoms with E-state index in [9.17, 15) is 13.2 Å². The number of benzene rings is 2. The third kappa shape index (κ3) is 3.85. The maximum Gasteiger partial charge on any atom is 0.418 e. The normalized spacial score (nSPS) is 12.5. The number of alkyl halides is 3. The van der Waals surface area contributed by atoms with Crippen molar-refractivity contribution in [1.29, 1.82) is 0 Å². The lowest BCUT2D eigenvalue weighted by Crippen LogP contribution is -2.06. The number of para-hydroxylation sites is 1. The van der Waals surface area contributed by atoms with Gasteiger partial charge in [0.1, 0.15) is 0 Å². The molecular formula is C16H13ClF3N. The van der Waals surface area contributed by atoms with Gasteiger partial charge < -0.3 is 0 Å². The lowest BCUT2D eigenvalue weighted by atomic mass is 10.1. The van der Waals surface area contributed by atoms with Gasteiger partial charge in [0.05, 0.1) is 11.3 Å². The Morgan fingerprint density at radius 2 is 1.67 bits per heavy atom. The van der Waals surface area contributed by atoms with Crippen LogP contribution in [0.4, 0.5) is 18.9 Å². The Hall–Kier alpha value is -1.81. The Morgan fingerprint density at radius 3 is 2.24 bits per heavy atom. The summed E-state index contributed by atoms with van der Waals surface area (Å²) in [6, 6.07) is 12.2. The molecule has 0 atom stereocenters. The van der Waals surface area contributed by atoms with E-state index in [0.717, 1.165) is 11.6 Å². The molecule has 0 aliphatic rings. The van der Waals surface area contributed by atoms with Crippen molar-refractivity contribution >= 4 is 23.0 Å². The Labute approximate surface area is 126 Å². The molecule has 0 N–H and O–H groups in total. The van der Waals surface area contributed by atoms with Crippen LogP contribution < -0.4 is 0 Å². The molecule has 0 aromatic heterocycles. The number of nitrogens with zero attached hydrogens (tertiary/aromatic N) is 1. The molecule has 0 spiro atoms. The molecule has 0 aliphatic heterocycles. The monoisotopic (exact) mass is 311 g/mol. The fourth-order valence-corrected chi connectivity index (χ4v) is 2.07. The molecule has 0 bridgehead atoms. The van der Waals surface area contributed by atoms with Crippen molar-refractivity contribution in [3.63, 3.8) is 0 Å². The summed E-state index contributed by atoms with van der Waals surface area (Å²) >= 11 is 5.82. The molecule has 110 valence electrons. The highest BCUT2D eigenvalue weighted by atomic mass is 35.5. The molecule has 0 radical (unpaired) electrons. The summed E-state index contributed by atoms with van der Waals surface area (Å²) in [5, 5.41) is 0.574. The summed E-state index contributed by atoms with van der Waals surface area (Å²) in [5.74, 6) is 0. The van der Waals surface area contributed by atoms with Gasteiger partial charge in [-0.1, -0.05) is 42.8 Å². The largest absolute Gasteiger partial charge is 0.418 e. The first-order valence-electron chi connectivity index (χ1n) is 6.41. The third-order valence-electron chi connectivity index (χ3n) is 2.98. The second-order valence-electron chi connectivity index (χ2n) is 4.43. The molecule has 0 saturated heterocycles. The van der Waals surface area contributed by atoms with E-state index >= 15 is 0 Å². The highest BCUT2D eigenvalue weighted by Crippen LogP contribution is 2.36. The summed E-state index contributed by atoms with van der Waals surface area (Å²) < 4.78 is 38.9. The lowest BCUT2D eigenvalue weighted by Gasteiger charge is -2.11. The summed E-state index contributed by atoms with van der Waals surface area (Å²) in [7, 11) is 0. The predicted molar refractivity (Wildman–Crippen MR) is 79.4 cm³/mol. The highest BCUT2D eigenvalue weighted by molar-refractivity contribution is 6.30. The standard InChI is InChI=1S/C16H13ClF3N/c1-2-14(11-7-9-12(17)10-8-11)21-15-6-4-3-5-13(15)16(18,19)20/h3-10H,2H2,1H3. The molecule has 0 fully saturated rings. The molecular weight excluding hydrogens is 299 g/mol. The molecule has 0 heterocycles. The van der Waals surface area contributed by atoms with Gasteiger partial charge in [0.2, 0.25) is 0 Å². The van der Waals surface area contributed by atoms with Crippen molar-refractivity contribution in [1.82, 2.24) is 0 Å². The molecule has 5 heteroatoms. The van der Waals surface area contributed by atoms with Gasteiger partial charge in [0.25, 0.3) is 0 Å². The van der Waals surface area contributed by atoms with E-state index in [0.29, 0.717) is 17.2 Å². The molecule has 2 aromatic carbocycles. The zero-order chi connectivity index (χ0) is 15.5. The summed E-state index contributed by atoms with van der Waals surface area (Å²) in [5.41, 5.74) is 0.545. The van der Waals surface area contributed by atoms with E-state index < -0.39 is 11.7 Å². The van der Waals surface area contributed by atoms with Gasteiger partial charge in [-0.3, -0.25) is 4.99 Å². The molecule has 0 aliphatic carbocycles. The van der Waals surface area contributed by atoms with E-state index in [1.165, 1.54) is 12.1 Å². The average molecular weight is 312 g/mol. The first-order valence-corrected chi connectivity index (χ1v) is 6.79. The predicted octanol–water partition coefficient (Wildman–Crippen LogP) is 5.89. The summed E-state index contributed by atoms with van der Waals surface area (Å²) in [6.45, 7) is 1.85. The number of hydrogen-bond acceptors (Lipinski definition) is 1. The minimum Gasteiger partial charge on any atom is -0.252 e. The third-order valence-corrected chi connectivity index (χ3v) is 3.23. The van der Waals surface area contributed by atoms with Gasteiger partial charge >= 0.3 is 6.18 Å². The van der Waals surface area contributed by atoms with Crippen LogP contribution >= 0.6 is 11.6 Å². The molecule has 0 saturated carbocycles. The minimum atomic E-state index is -4.42.